The van der Waals surface area contributed by atoms with Crippen molar-refractivity contribution in [2.24, 2.45) is 0 Å². The van der Waals surface area contributed by atoms with Gasteiger partial charge in [0.2, 0.25) is 0 Å². The molecule has 1 atom stereocenters. The molecule has 1 aliphatic heterocycles. The van der Waals surface area contributed by atoms with Crippen molar-refractivity contribution in [2.45, 2.75) is 19.9 Å². The Morgan fingerprint density at radius 1 is 1.11 bits per heavy atom. The summed E-state index contributed by atoms with van der Waals surface area (Å²) in [5.74, 6) is 0.755. The highest BCUT2D eigenvalue weighted by Gasteiger charge is 2.15. The molecule has 0 saturated carbocycles. The predicted octanol–water partition coefficient (Wildman–Crippen LogP) is 3.82. The van der Waals surface area contributed by atoms with E-state index in [2.05, 4.69) is 51.6 Å². The lowest BCUT2D eigenvalue weighted by molar-refractivity contribution is 0.122. The molecule has 0 unspecified atom stereocenters. The third kappa shape index (κ3) is 3.62. The first kappa shape index (κ1) is 18.2. The fourth-order valence-corrected chi connectivity index (χ4v) is 3.57. The molecular weight excluding hydrogens is 350 g/mol. The van der Waals surface area contributed by atoms with Crippen LogP contribution in [0.4, 0.5) is 11.5 Å². The Hall–Kier alpha value is -3.17. The van der Waals surface area contributed by atoms with E-state index in [0.29, 0.717) is 5.56 Å². The number of fused-ring (bicyclic) bond motifs is 1. The number of morpholine rings is 1. The van der Waals surface area contributed by atoms with Crippen molar-refractivity contribution in [1.29, 1.82) is 5.26 Å². The lowest BCUT2D eigenvalue weighted by atomic mass is 10.0. The van der Waals surface area contributed by atoms with E-state index in [1.807, 2.05) is 31.2 Å². The number of benzene rings is 2. The van der Waals surface area contributed by atoms with E-state index in [1.54, 1.807) is 0 Å². The Balaban J connectivity index is 1.69. The number of hydrogen-bond donors (Lipinski definition) is 1. The van der Waals surface area contributed by atoms with Crippen molar-refractivity contribution < 1.29 is 4.74 Å². The van der Waals surface area contributed by atoms with Crippen LogP contribution in [0.1, 0.15) is 29.8 Å². The first-order valence-electron chi connectivity index (χ1n) is 9.52. The smallest absolute Gasteiger partial charge is 0.157 e. The van der Waals surface area contributed by atoms with E-state index in [9.17, 15) is 0 Å². The molecule has 2 heterocycles. The van der Waals surface area contributed by atoms with Gasteiger partial charge in [0.1, 0.15) is 0 Å². The van der Waals surface area contributed by atoms with Gasteiger partial charge < -0.3 is 15.0 Å². The fourth-order valence-electron chi connectivity index (χ4n) is 3.57. The van der Waals surface area contributed by atoms with Crippen molar-refractivity contribution in [3.05, 3.63) is 59.3 Å². The van der Waals surface area contributed by atoms with Gasteiger partial charge in [0, 0.05) is 29.5 Å². The monoisotopic (exact) mass is 373 g/mol. The molecule has 2 aromatic carbocycles. The Morgan fingerprint density at radius 2 is 1.93 bits per heavy atom. The van der Waals surface area contributed by atoms with Crippen LogP contribution in [0.2, 0.25) is 0 Å². The minimum atomic E-state index is 0.000508. The quantitative estimate of drug-likeness (QED) is 0.749. The predicted molar refractivity (Wildman–Crippen MR) is 111 cm³/mol. The van der Waals surface area contributed by atoms with Crippen LogP contribution in [0.5, 0.6) is 0 Å². The Labute approximate surface area is 164 Å². The van der Waals surface area contributed by atoms with Gasteiger partial charge in [-0.25, -0.2) is 0 Å². The largest absolute Gasteiger partial charge is 0.378 e. The van der Waals surface area contributed by atoms with E-state index in [4.69, 9.17) is 10.00 Å². The summed E-state index contributed by atoms with van der Waals surface area (Å²) in [4.78, 5) is 2.34. The highest BCUT2D eigenvalue weighted by Crippen LogP contribution is 2.30. The van der Waals surface area contributed by atoms with Crippen LogP contribution in [-0.4, -0.2) is 36.5 Å². The summed E-state index contributed by atoms with van der Waals surface area (Å²) in [6.45, 7) is 7.33. The van der Waals surface area contributed by atoms with Gasteiger partial charge in [-0.05, 0) is 43.7 Å². The van der Waals surface area contributed by atoms with Gasteiger partial charge >= 0.3 is 0 Å². The summed E-state index contributed by atoms with van der Waals surface area (Å²) < 4.78 is 5.47. The molecule has 0 radical (unpaired) electrons. The first-order chi connectivity index (χ1) is 13.7. The number of aryl methyl sites for hydroxylation is 1. The second kappa shape index (κ2) is 7.83. The molecule has 0 aliphatic carbocycles. The van der Waals surface area contributed by atoms with Crippen LogP contribution >= 0.6 is 0 Å². The molecule has 0 bridgehead atoms. The van der Waals surface area contributed by atoms with Crippen molar-refractivity contribution in [3.8, 4) is 6.07 Å². The van der Waals surface area contributed by atoms with Crippen molar-refractivity contribution in [1.82, 2.24) is 10.2 Å². The molecule has 1 N–H and O–H groups in total. The molecular formula is C22H23N5O. The maximum atomic E-state index is 9.15. The van der Waals surface area contributed by atoms with Crippen molar-refractivity contribution in [3.63, 3.8) is 0 Å². The van der Waals surface area contributed by atoms with Gasteiger partial charge in [-0.2, -0.15) is 10.4 Å². The second-order valence-electron chi connectivity index (χ2n) is 7.07. The summed E-state index contributed by atoms with van der Waals surface area (Å²) in [5.41, 5.74) is 3.78. The highest BCUT2D eigenvalue weighted by molar-refractivity contribution is 5.95. The first-order valence-corrected chi connectivity index (χ1v) is 9.52. The summed E-state index contributed by atoms with van der Waals surface area (Å²) in [6.07, 6.45) is 0. The molecule has 6 heteroatoms. The zero-order valence-corrected chi connectivity index (χ0v) is 16.1. The number of hydrogen-bond acceptors (Lipinski definition) is 6. The molecule has 3 aromatic rings. The highest BCUT2D eigenvalue weighted by atomic mass is 16.5. The van der Waals surface area contributed by atoms with E-state index in [1.165, 1.54) is 5.69 Å². The molecule has 28 heavy (non-hydrogen) atoms. The standard InChI is InChI=1S/C22H23N5O/c1-15(18-5-3-4-17(12-18)14-23)24-22-21-13-19(27-8-10-28-11-9-27)6-7-20(21)16(2)25-26-22/h3-7,12-13,15H,8-11H2,1-2H3,(H,24,26)/t15-/m1/s1. The fraction of sp³-hybridized carbons (Fsp3) is 0.318. The summed E-state index contributed by atoms with van der Waals surface area (Å²) in [7, 11) is 0. The van der Waals surface area contributed by atoms with Gasteiger partial charge in [-0.1, -0.05) is 18.2 Å². The van der Waals surface area contributed by atoms with E-state index in [0.717, 1.165) is 54.2 Å². The normalized spacial score (nSPS) is 15.2. The third-order valence-corrected chi connectivity index (χ3v) is 5.19. The number of aromatic nitrogens is 2. The number of nitriles is 1. The Morgan fingerprint density at radius 3 is 2.71 bits per heavy atom. The van der Waals surface area contributed by atoms with Crippen LogP contribution in [0.3, 0.4) is 0 Å². The SMILES string of the molecule is Cc1nnc(N[C@H](C)c2cccc(C#N)c2)c2cc(N3CCOCC3)ccc12. The second-order valence-corrected chi connectivity index (χ2v) is 7.07. The topological polar surface area (TPSA) is 74.1 Å². The van der Waals surface area contributed by atoms with Crippen LogP contribution < -0.4 is 10.2 Å². The number of rotatable bonds is 4. The van der Waals surface area contributed by atoms with Gasteiger partial charge in [0.05, 0.1) is 36.6 Å². The van der Waals surface area contributed by atoms with Gasteiger partial charge in [0.15, 0.2) is 5.82 Å². The molecule has 1 aromatic heterocycles. The zero-order chi connectivity index (χ0) is 19.5. The summed E-state index contributed by atoms with van der Waals surface area (Å²) >= 11 is 0. The minimum absolute atomic E-state index is 0.000508. The van der Waals surface area contributed by atoms with Crippen LogP contribution in [0, 0.1) is 18.3 Å². The van der Waals surface area contributed by atoms with E-state index < -0.39 is 0 Å². The Kier molecular flexibility index (Phi) is 5.09. The van der Waals surface area contributed by atoms with E-state index in [-0.39, 0.29) is 6.04 Å². The van der Waals surface area contributed by atoms with Gasteiger partial charge in [-0.3, -0.25) is 0 Å². The third-order valence-electron chi connectivity index (χ3n) is 5.19. The zero-order valence-electron chi connectivity index (χ0n) is 16.1. The molecule has 6 nitrogen and oxygen atoms in total. The Bertz CT molecular complexity index is 1040. The van der Waals surface area contributed by atoms with Crippen LogP contribution in [0.15, 0.2) is 42.5 Å². The van der Waals surface area contributed by atoms with Crippen molar-refractivity contribution >= 4 is 22.3 Å². The average molecular weight is 373 g/mol. The molecule has 4 rings (SSSR count). The molecule has 142 valence electrons. The minimum Gasteiger partial charge on any atom is -0.378 e. The van der Waals surface area contributed by atoms with Gasteiger partial charge in [-0.15, -0.1) is 5.10 Å². The van der Waals surface area contributed by atoms with Crippen molar-refractivity contribution in [2.75, 3.05) is 36.5 Å². The molecule has 0 amide bonds. The van der Waals surface area contributed by atoms with Gasteiger partial charge in [0.25, 0.3) is 0 Å². The van der Waals surface area contributed by atoms with Crippen LogP contribution in [-0.2, 0) is 4.74 Å². The van der Waals surface area contributed by atoms with E-state index >= 15 is 0 Å². The average Bonchev–Trinajstić information content (AvgIpc) is 2.76. The summed E-state index contributed by atoms with van der Waals surface area (Å²) in [6, 6.07) is 16.3. The molecule has 1 fully saturated rings. The number of nitrogens with one attached hydrogen (secondary N) is 1. The lowest BCUT2D eigenvalue weighted by Gasteiger charge is -2.29. The van der Waals surface area contributed by atoms with Crippen LogP contribution in [0.25, 0.3) is 10.8 Å². The lowest BCUT2D eigenvalue weighted by Crippen LogP contribution is -2.36. The number of nitrogens with zero attached hydrogens (tertiary/aromatic N) is 4. The molecule has 1 saturated heterocycles. The molecule has 1 aliphatic rings. The maximum absolute atomic E-state index is 9.15. The number of anilines is 2. The summed E-state index contributed by atoms with van der Waals surface area (Å²) in [5, 5.41) is 23.5. The maximum Gasteiger partial charge on any atom is 0.157 e. The number of ether oxygens (including phenoxy) is 1. The molecule has 0 spiro atoms.